The Kier molecular flexibility index (Phi) is 3.48. The molecule has 0 unspecified atom stereocenters. The number of halogens is 3. The van der Waals surface area contributed by atoms with Gasteiger partial charge in [0.15, 0.2) is 5.69 Å². The summed E-state index contributed by atoms with van der Waals surface area (Å²) in [6.45, 7) is 0. The van der Waals surface area contributed by atoms with E-state index in [9.17, 15) is 21.6 Å². The summed E-state index contributed by atoms with van der Waals surface area (Å²) in [6, 6.07) is 0. The Hall–Kier alpha value is -1.22. The lowest BCUT2D eigenvalue weighted by atomic mass is 10.3. The van der Waals surface area contributed by atoms with E-state index in [0.29, 0.717) is 6.20 Å². The Labute approximate surface area is 89.6 Å². The van der Waals surface area contributed by atoms with Gasteiger partial charge in [-0.1, -0.05) is 0 Å². The van der Waals surface area contributed by atoms with Crippen molar-refractivity contribution in [3.63, 3.8) is 0 Å². The van der Waals surface area contributed by atoms with Crippen molar-refractivity contribution in [2.24, 2.45) is 5.14 Å². The molecule has 90 valence electrons. The molecular weight excluding hydrogens is 247 g/mol. The van der Waals surface area contributed by atoms with Crippen LogP contribution in [0.4, 0.5) is 13.2 Å². The Bertz CT molecular complexity index is 455. The first-order valence-corrected chi connectivity index (χ1v) is 5.78. The summed E-state index contributed by atoms with van der Waals surface area (Å²) in [5.41, 5.74) is -0.978. The lowest BCUT2D eigenvalue weighted by Gasteiger charge is -2.05. The minimum absolute atomic E-state index is 0.0655. The third-order valence-electron chi connectivity index (χ3n) is 1.64. The van der Waals surface area contributed by atoms with Crippen molar-refractivity contribution >= 4 is 10.0 Å². The van der Waals surface area contributed by atoms with Gasteiger partial charge in [-0.3, -0.25) is 4.98 Å². The number of hydrogen-bond donors (Lipinski definition) is 1. The highest BCUT2D eigenvalue weighted by Crippen LogP contribution is 2.26. The Morgan fingerprint density at radius 1 is 1.25 bits per heavy atom. The second-order valence-electron chi connectivity index (χ2n) is 3.01. The van der Waals surface area contributed by atoms with E-state index in [1.807, 2.05) is 0 Å². The molecule has 0 radical (unpaired) electrons. The number of aromatic nitrogens is 2. The number of rotatable bonds is 3. The van der Waals surface area contributed by atoms with Gasteiger partial charge in [0.25, 0.3) is 0 Å². The first-order valence-electron chi connectivity index (χ1n) is 4.07. The van der Waals surface area contributed by atoms with Crippen LogP contribution in [0.3, 0.4) is 0 Å². The first kappa shape index (κ1) is 12.8. The molecule has 0 amide bonds. The standard InChI is InChI=1S/C7H8F3N3O2S/c8-7(9,10)6-4-12-5(3-13-6)1-2-16(11,14)15/h3-4H,1-2H2,(H2,11,14,15). The van der Waals surface area contributed by atoms with Crippen LogP contribution in [0.2, 0.25) is 0 Å². The summed E-state index contributed by atoms with van der Waals surface area (Å²) in [4.78, 5) is 6.57. The molecule has 1 rings (SSSR count). The largest absolute Gasteiger partial charge is 0.434 e. The van der Waals surface area contributed by atoms with Gasteiger partial charge in [0.05, 0.1) is 17.6 Å². The molecule has 0 spiro atoms. The summed E-state index contributed by atoms with van der Waals surface area (Å²) in [7, 11) is -3.65. The van der Waals surface area contributed by atoms with Crippen LogP contribution in [0.1, 0.15) is 11.4 Å². The summed E-state index contributed by atoms with van der Waals surface area (Å²) < 4.78 is 57.4. The number of primary sulfonamides is 1. The first-order chi connectivity index (χ1) is 7.18. The molecule has 0 aliphatic heterocycles. The lowest BCUT2D eigenvalue weighted by Crippen LogP contribution is -2.18. The average molecular weight is 255 g/mol. The number of alkyl halides is 3. The van der Waals surface area contributed by atoms with E-state index in [-0.39, 0.29) is 17.9 Å². The molecule has 9 heteroatoms. The van der Waals surface area contributed by atoms with E-state index >= 15 is 0 Å². The van der Waals surface area contributed by atoms with Crippen molar-refractivity contribution in [3.05, 3.63) is 23.8 Å². The molecule has 2 N–H and O–H groups in total. The van der Waals surface area contributed by atoms with E-state index < -0.39 is 21.9 Å². The maximum absolute atomic E-state index is 12.1. The summed E-state index contributed by atoms with van der Waals surface area (Å²) in [5.74, 6) is -0.382. The molecule has 1 aromatic rings. The fourth-order valence-corrected chi connectivity index (χ4v) is 1.37. The number of sulfonamides is 1. The molecule has 0 atom stereocenters. The molecule has 0 aromatic carbocycles. The van der Waals surface area contributed by atoms with Crippen molar-refractivity contribution < 1.29 is 21.6 Å². The Morgan fingerprint density at radius 2 is 1.88 bits per heavy atom. The van der Waals surface area contributed by atoms with Crippen LogP contribution in [-0.4, -0.2) is 24.1 Å². The third kappa shape index (κ3) is 4.11. The van der Waals surface area contributed by atoms with Crippen molar-refractivity contribution in [2.45, 2.75) is 12.6 Å². The van der Waals surface area contributed by atoms with Gasteiger partial charge in [0.2, 0.25) is 10.0 Å². The van der Waals surface area contributed by atoms with Crippen LogP contribution >= 0.6 is 0 Å². The van der Waals surface area contributed by atoms with Crippen LogP contribution in [0, 0.1) is 0 Å². The molecular formula is C7H8F3N3O2S. The van der Waals surface area contributed by atoms with Crippen LogP contribution in [-0.2, 0) is 22.6 Å². The van der Waals surface area contributed by atoms with Gasteiger partial charge < -0.3 is 0 Å². The zero-order valence-corrected chi connectivity index (χ0v) is 8.72. The predicted molar refractivity (Wildman–Crippen MR) is 48.7 cm³/mol. The fraction of sp³-hybridized carbons (Fsp3) is 0.429. The molecule has 0 saturated heterocycles. The van der Waals surface area contributed by atoms with Gasteiger partial charge in [0, 0.05) is 12.6 Å². The van der Waals surface area contributed by atoms with Gasteiger partial charge in [-0.2, -0.15) is 13.2 Å². The van der Waals surface area contributed by atoms with Crippen LogP contribution in [0.5, 0.6) is 0 Å². The number of hydrogen-bond acceptors (Lipinski definition) is 4. The van der Waals surface area contributed by atoms with E-state index in [2.05, 4.69) is 9.97 Å². The maximum Gasteiger partial charge on any atom is 0.434 e. The van der Waals surface area contributed by atoms with E-state index in [1.54, 1.807) is 0 Å². The van der Waals surface area contributed by atoms with Crippen LogP contribution in [0.25, 0.3) is 0 Å². The summed E-state index contributed by atoms with van der Waals surface area (Å²) in [5, 5.41) is 4.73. The highest BCUT2D eigenvalue weighted by atomic mass is 32.2. The monoisotopic (exact) mass is 255 g/mol. The molecule has 0 fully saturated rings. The number of aryl methyl sites for hydroxylation is 1. The molecule has 1 heterocycles. The molecule has 16 heavy (non-hydrogen) atoms. The van der Waals surface area contributed by atoms with E-state index in [0.717, 1.165) is 6.20 Å². The minimum atomic E-state index is -4.55. The summed E-state index contributed by atoms with van der Waals surface area (Å²) in [6.07, 6.45) is -3.18. The highest BCUT2D eigenvalue weighted by Gasteiger charge is 2.32. The molecule has 0 bridgehead atoms. The van der Waals surface area contributed by atoms with Crippen molar-refractivity contribution in [2.75, 3.05) is 5.75 Å². The smallest absolute Gasteiger partial charge is 0.257 e. The topological polar surface area (TPSA) is 85.9 Å². The van der Waals surface area contributed by atoms with Gasteiger partial charge in [-0.25, -0.2) is 18.5 Å². The Balaban J connectivity index is 2.73. The SMILES string of the molecule is NS(=O)(=O)CCc1cnc(C(F)(F)F)cn1. The molecule has 0 saturated carbocycles. The zero-order valence-electron chi connectivity index (χ0n) is 7.90. The second kappa shape index (κ2) is 4.34. The zero-order chi connectivity index (χ0) is 12.4. The van der Waals surface area contributed by atoms with Gasteiger partial charge in [-0.05, 0) is 0 Å². The lowest BCUT2D eigenvalue weighted by molar-refractivity contribution is -0.141. The fourth-order valence-electron chi connectivity index (χ4n) is 0.877. The van der Waals surface area contributed by atoms with Crippen molar-refractivity contribution in [3.8, 4) is 0 Å². The second-order valence-corrected chi connectivity index (χ2v) is 4.74. The minimum Gasteiger partial charge on any atom is -0.257 e. The van der Waals surface area contributed by atoms with Gasteiger partial charge in [-0.15, -0.1) is 0 Å². The normalized spacial score (nSPS) is 12.8. The molecule has 0 aliphatic carbocycles. The molecule has 0 aliphatic rings. The summed E-state index contributed by atoms with van der Waals surface area (Å²) >= 11 is 0. The third-order valence-corrected chi connectivity index (χ3v) is 2.41. The van der Waals surface area contributed by atoms with E-state index in [4.69, 9.17) is 5.14 Å². The molecule has 1 aromatic heterocycles. The van der Waals surface area contributed by atoms with Crippen LogP contribution < -0.4 is 5.14 Å². The van der Waals surface area contributed by atoms with Crippen molar-refractivity contribution in [1.29, 1.82) is 0 Å². The van der Waals surface area contributed by atoms with Crippen molar-refractivity contribution in [1.82, 2.24) is 9.97 Å². The van der Waals surface area contributed by atoms with Gasteiger partial charge >= 0.3 is 6.18 Å². The average Bonchev–Trinajstić information content (AvgIpc) is 2.13. The van der Waals surface area contributed by atoms with Crippen LogP contribution in [0.15, 0.2) is 12.4 Å². The molecule has 5 nitrogen and oxygen atoms in total. The number of nitrogens with zero attached hydrogens (tertiary/aromatic N) is 2. The Morgan fingerprint density at radius 3 is 2.25 bits per heavy atom. The number of nitrogens with two attached hydrogens (primary N) is 1. The predicted octanol–water partition coefficient (Wildman–Crippen LogP) is 0.326. The highest BCUT2D eigenvalue weighted by molar-refractivity contribution is 7.89. The quantitative estimate of drug-likeness (QED) is 0.843. The van der Waals surface area contributed by atoms with Gasteiger partial charge in [0.1, 0.15) is 0 Å². The van der Waals surface area contributed by atoms with E-state index in [1.165, 1.54) is 0 Å². The maximum atomic E-state index is 12.1.